The fourth-order valence-corrected chi connectivity index (χ4v) is 2.25. The van der Waals surface area contributed by atoms with Crippen LogP contribution in [0, 0.1) is 0 Å². The van der Waals surface area contributed by atoms with Crippen LogP contribution in [0.5, 0.6) is 0 Å². The molecule has 2 amide bonds. The summed E-state index contributed by atoms with van der Waals surface area (Å²) in [5, 5.41) is 11.1. The number of carboxylic acid groups (broad SMARTS) is 1. The van der Waals surface area contributed by atoms with E-state index in [1.807, 2.05) is 30.3 Å². The van der Waals surface area contributed by atoms with Crippen molar-refractivity contribution < 1.29 is 19.4 Å². The molecule has 1 aliphatic rings. The summed E-state index contributed by atoms with van der Waals surface area (Å²) in [5.41, 5.74) is 0.929. The van der Waals surface area contributed by atoms with Crippen LogP contribution in [-0.2, 0) is 11.3 Å². The molecule has 0 saturated carbocycles. The van der Waals surface area contributed by atoms with Gasteiger partial charge in [-0.3, -0.25) is 0 Å². The van der Waals surface area contributed by atoms with Crippen LogP contribution in [-0.4, -0.2) is 41.3 Å². The van der Waals surface area contributed by atoms with Crippen molar-refractivity contribution in [3.05, 3.63) is 35.9 Å². The van der Waals surface area contributed by atoms with Gasteiger partial charge in [0, 0.05) is 19.1 Å². The normalized spacial score (nSPS) is 18.4. The average molecular weight is 278 g/mol. The number of ether oxygens (including phenoxy) is 1. The summed E-state index contributed by atoms with van der Waals surface area (Å²) in [5.74, 6) is 0. The lowest BCUT2D eigenvalue weighted by Crippen LogP contribution is -2.49. The molecule has 1 atom stereocenters. The van der Waals surface area contributed by atoms with Gasteiger partial charge in [0.1, 0.15) is 6.61 Å². The molecule has 1 heterocycles. The van der Waals surface area contributed by atoms with Crippen LogP contribution < -0.4 is 5.32 Å². The van der Waals surface area contributed by atoms with Gasteiger partial charge in [-0.1, -0.05) is 30.3 Å². The topological polar surface area (TPSA) is 78.9 Å². The van der Waals surface area contributed by atoms with E-state index in [0.717, 1.165) is 18.4 Å². The summed E-state index contributed by atoms with van der Waals surface area (Å²) < 4.78 is 5.23. The number of piperidine rings is 1. The Bertz CT molecular complexity index is 464. The van der Waals surface area contributed by atoms with Crippen LogP contribution in [0.15, 0.2) is 30.3 Å². The minimum atomic E-state index is -1.06. The third kappa shape index (κ3) is 4.15. The van der Waals surface area contributed by atoms with Gasteiger partial charge in [-0.2, -0.15) is 0 Å². The monoisotopic (exact) mass is 278 g/mol. The van der Waals surface area contributed by atoms with E-state index in [9.17, 15) is 9.59 Å². The summed E-state index contributed by atoms with van der Waals surface area (Å²) in [7, 11) is 0. The molecule has 1 saturated heterocycles. The summed E-state index contributed by atoms with van der Waals surface area (Å²) in [6.07, 6.45) is 0.0559. The lowest BCUT2D eigenvalue weighted by Gasteiger charge is -2.31. The first-order valence-corrected chi connectivity index (χ1v) is 6.60. The third-order valence-electron chi connectivity index (χ3n) is 3.21. The fourth-order valence-electron chi connectivity index (χ4n) is 2.25. The van der Waals surface area contributed by atoms with Gasteiger partial charge >= 0.3 is 12.2 Å². The predicted octanol–water partition coefficient (Wildman–Crippen LogP) is 2.06. The maximum absolute atomic E-state index is 11.9. The number of hydrogen-bond donors (Lipinski definition) is 2. The van der Waals surface area contributed by atoms with E-state index in [-0.39, 0.29) is 12.6 Å². The van der Waals surface area contributed by atoms with Crippen LogP contribution in [0.1, 0.15) is 18.4 Å². The molecule has 6 heteroatoms. The Balaban J connectivity index is 1.81. The van der Waals surface area contributed by atoms with E-state index in [1.165, 1.54) is 0 Å². The van der Waals surface area contributed by atoms with Crippen molar-refractivity contribution in [1.29, 1.82) is 0 Å². The summed E-state index contributed by atoms with van der Waals surface area (Å²) in [6.45, 7) is 1.19. The molecule has 1 aliphatic heterocycles. The standard InChI is InChI=1S/C14H18N2O4/c17-13(18)15-12-7-4-8-16(9-12)14(19)20-10-11-5-2-1-3-6-11/h1-3,5-6,12,15H,4,7-10H2,(H,17,18). The Hall–Kier alpha value is -2.24. The second-order valence-corrected chi connectivity index (χ2v) is 4.77. The van der Waals surface area contributed by atoms with Crippen molar-refractivity contribution in [1.82, 2.24) is 10.2 Å². The van der Waals surface area contributed by atoms with Crippen LogP contribution in [0.4, 0.5) is 9.59 Å². The van der Waals surface area contributed by atoms with Gasteiger partial charge in [0.2, 0.25) is 0 Å². The molecule has 0 spiro atoms. The van der Waals surface area contributed by atoms with Crippen LogP contribution in [0.3, 0.4) is 0 Å². The minimum absolute atomic E-state index is 0.217. The molecule has 0 aromatic heterocycles. The van der Waals surface area contributed by atoms with Crippen molar-refractivity contribution in [2.24, 2.45) is 0 Å². The van der Waals surface area contributed by atoms with E-state index < -0.39 is 12.2 Å². The lowest BCUT2D eigenvalue weighted by molar-refractivity contribution is 0.0827. The van der Waals surface area contributed by atoms with Gasteiger partial charge in [0.15, 0.2) is 0 Å². The highest BCUT2D eigenvalue weighted by atomic mass is 16.6. The summed E-state index contributed by atoms with van der Waals surface area (Å²) in [6, 6.07) is 9.23. The number of hydrogen-bond acceptors (Lipinski definition) is 3. The van der Waals surface area contributed by atoms with E-state index in [2.05, 4.69) is 5.32 Å². The molecule has 0 bridgehead atoms. The first-order valence-electron chi connectivity index (χ1n) is 6.60. The maximum atomic E-state index is 11.9. The molecule has 6 nitrogen and oxygen atoms in total. The quantitative estimate of drug-likeness (QED) is 0.887. The van der Waals surface area contributed by atoms with Gasteiger partial charge in [0.25, 0.3) is 0 Å². The maximum Gasteiger partial charge on any atom is 0.410 e. The molecule has 20 heavy (non-hydrogen) atoms. The zero-order valence-electron chi connectivity index (χ0n) is 11.1. The lowest BCUT2D eigenvalue weighted by atomic mass is 10.1. The highest BCUT2D eigenvalue weighted by Crippen LogP contribution is 2.12. The van der Waals surface area contributed by atoms with E-state index in [0.29, 0.717) is 13.1 Å². The van der Waals surface area contributed by atoms with Gasteiger partial charge in [-0.25, -0.2) is 9.59 Å². The van der Waals surface area contributed by atoms with Gasteiger partial charge in [0.05, 0.1) is 0 Å². The van der Waals surface area contributed by atoms with Crippen molar-refractivity contribution in [2.45, 2.75) is 25.5 Å². The molecule has 2 N–H and O–H groups in total. The Morgan fingerprint density at radius 3 is 2.80 bits per heavy atom. The van der Waals surface area contributed by atoms with Crippen LogP contribution >= 0.6 is 0 Å². The Morgan fingerprint density at radius 1 is 1.35 bits per heavy atom. The van der Waals surface area contributed by atoms with Crippen molar-refractivity contribution in [2.75, 3.05) is 13.1 Å². The highest BCUT2D eigenvalue weighted by Gasteiger charge is 2.25. The molecular weight excluding hydrogens is 260 g/mol. The number of carbonyl (C=O) groups is 2. The van der Waals surface area contributed by atoms with Crippen molar-refractivity contribution in [3.63, 3.8) is 0 Å². The molecule has 1 aromatic carbocycles. The summed E-state index contributed by atoms with van der Waals surface area (Å²) >= 11 is 0. The Labute approximate surface area is 117 Å². The second-order valence-electron chi connectivity index (χ2n) is 4.77. The number of likely N-dealkylation sites (tertiary alicyclic amines) is 1. The third-order valence-corrected chi connectivity index (χ3v) is 3.21. The zero-order valence-corrected chi connectivity index (χ0v) is 11.1. The van der Waals surface area contributed by atoms with Crippen molar-refractivity contribution in [3.8, 4) is 0 Å². The number of amides is 2. The van der Waals surface area contributed by atoms with E-state index in [4.69, 9.17) is 9.84 Å². The molecule has 108 valence electrons. The number of benzene rings is 1. The largest absolute Gasteiger partial charge is 0.465 e. The predicted molar refractivity (Wildman–Crippen MR) is 72.4 cm³/mol. The Morgan fingerprint density at radius 2 is 2.10 bits per heavy atom. The van der Waals surface area contributed by atoms with E-state index >= 15 is 0 Å². The van der Waals surface area contributed by atoms with Crippen LogP contribution in [0.25, 0.3) is 0 Å². The second kappa shape index (κ2) is 6.79. The minimum Gasteiger partial charge on any atom is -0.465 e. The molecule has 1 fully saturated rings. The Kier molecular flexibility index (Phi) is 4.81. The van der Waals surface area contributed by atoms with Gasteiger partial charge in [-0.15, -0.1) is 0 Å². The van der Waals surface area contributed by atoms with Gasteiger partial charge < -0.3 is 20.1 Å². The number of nitrogens with one attached hydrogen (secondary N) is 1. The van der Waals surface area contributed by atoms with E-state index in [1.54, 1.807) is 4.90 Å². The summed E-state index contributed by atoms with van der Waals surface area (Å²) in [4.78, 5) is 24.1. The molecular formula is C14H18N2O4. The number of nitrogens with zero attached hydrogens (tertiary/aromatic N) is 1. The van der Waals surface area contributed by atoms with Crippen molar-refractivity contribution >= 4 is 12.2 Å². The van der Waals surface area contributed by atoms with Gasteiger partial charge in [-0.05, 0) is 18.4 Å². The molecule has 1 aromatic rings. The number of rotatable bonds is 3. The van der Waals surface area contributed by atoms with Crippen LogP contribution in [0.2, 0.25) is 0 Å². The molecule has 2 rings (SSSR count). The highest BCUT2D eigenvalue weighted by molar-refractivity contribution is 5.68. The molecule has 1 unspecified atom stereocenters. The smallest absolute Gasteiger partial charge is 0.410 e. The zero-order chi connectivity index (χ0) is 14.4. The first kappa shape index (κ1) is 14.2. The molecule has 0 aliphatic carbocycles. The SMILES string of the molecule is O=C(O)NC1CCCN(C(=O)OCc2ccccc2)C1. The number of carbonyl (C=O) groups excluding carboxylic acids is 1. The average Bonchev–Trinajstić information content (AvgIpc) is 2.45. The first-order chi connectivity index (χ1) is 9.65. The fraction of sp³-hybridized carbons (Fsp3) is 0.429. The molecule has 0 radical (unpaired) electrons.